The minimum absolute atomic E-state index is 0.695. The third-order valence-electron chi connectivity index (χ3n) is 3.85. The van der Waals surface area contributed by atoms with Crippen LogP contribution in [0.25, 0.3) is 10.5 Å². The molecule has 1 heterocycles. The first-order valence-electron chi connectivity index (χ1n) is 8.16. The number of thioether (sulfide) groups is 1. The summed E-state index contributed by atoms with van der Waals surface area (Å²) in [6.07, 6.45) is 1.87. The van der Waals surface area contributed by atoms with E-state index in [0.29, 0.717) is 13.2 Å². The van der Waals surface area contributed by atoms with Crippen LogP contribution in [0.1, 0.15) is 11.1 Å². The molecule has 0 radical (unpaired) electrons. The molecule has 0 atom stereocenters. The number of ether oxygens (including phenoxy) is 1. The number of rotatable bonds is 5. The number of benzene rings is 2. The number of thiocyanates is 1. The van der Waals surface area contributed by atoms with Crippen LogP contribution >= 0.6 is 11.8 Å². The van der Waals surface area contributed by atoms with Crippen LogP contribution in [0, 0.1) is 10.7 Å². The first-order chi connectivity index (χ1) is 12.4. The highest BCUT2D eigenvalue weighted by atomic mass is 32.2. The summed E-state index contributed by atoms with van der Waals surface area (Å²) in [6, 6.07) is 20.0. The van der Waals surface area contributed by atoms with E-state index >= 15 is 0 Å². The molecule has 0 spiro atoms. The predicted octanol–water partition coefficient (Wildman–Crippen LogP) is 4.09. The molecule has 1 aliphatic heterocycles. The second-order valence-corrected chi connectivity index (χ2v) is 6.27. The molecule has 0 saturated carbocycles. The molecule has 0 amide bonds. The van der Waals surface area contributed by atoms with Gasteiger partial charge in [-0.15, -0.1) is 0 Å². The monoisotopic (exact) mass is 349 g/mol. The summed E-state index contributed by atoms with van der Waals surface area (Å²) in [6.45, 7) is 2.95. The zero-order chi connectivity index (χ0) is 17.3. The lowest BCUT2D eigenvalue weighted by Crippen LogP contribution is -2.32. The average Bonchev–Trinajstić information content (AvgIpc) is 2.69. The molecule has 2 aromatic rings. The molecule has 0 aromatic heterocycles. The first kappa shape index (κ1) is 17.3. The van der Waals surface area contributed by atoms with E-state index in [1.54, 1.807) is 0 Å². The molecule has 0 unspecified atom stereocenters. The lowest BCUT2D eigenvalue weighted by Gasteiger charge is -2.24. The lowest BCUT2D eigenvalue weighted by atomic mass is 10.0. The minimum atomic E-state index is 0.695. The fourth-order valence-corrected chi connectivity index (χ4v) is 3.22. The predicted molar refractivity (Wildman–Crippen MR) is 104 cm³/mol. The van der Waals surface area contributed by atoms with Crippen molar-refractivity contribution >= 4 is 28.5 Å². The minimum Gasteiger partial charge on any atom is -0.378 e. The maximum absolute atomic E-state index is 9.32. The van der Waals surface area contributed by atoms with E-state index in [9.17, 15) is 5.26 Å². The van der Waals surface area contributed by atoms with E-state index < -0.39 is 0 Å². The van der Waals surface area contributed by atoms with Crippen LogP contribution in [-0.4, -0.2) is 37.5 Å². The molecule has 3 rings (SSSR count). The van der Waals surface area contributed by atoms with Crippen molar-refractivity contribution in [2.45, 2.75) is 0 Å². The van der Waals surface area contributed by atoms with E-state index in [1.807, 2.05) is 71.9 Å². The van der Waals surface area contributed by atoms with Crippen molar-refractivity contribution in [1.82, 2.24) is 5.01 Å². The van der Waals surface area contributed by atoms with Crippen molar-refractivity contribution in [2.24, 2.45) is 5.10 Å². The van der Waals surface area contributed by atoms with Crippen molar-refractivity contribution in [2.75, 3.05) is 26.3 Å². The van der Waals surface area contributed by atoms with Crippen molar-refractivity contribution < 1.29 is 4.74 Å². The van der Waals surface area contributed by atoms with Crippen molar-refractivity contribution in [3.8, 4) is 5.40 Å². The molecule has 0 bridgehead atoms. The Morgan fingerprint density at radius 3 is 2.20 bits per heavy atom. The Morgan fingerprint density at radius 1 is 1.00 bits per heavy atom. The molecule has 1 saturated heterocycles. The fourth-order valence-electron chi connectivity index (χ4n) is 2.60. The largest absolute Gasteiger partial charge is 0.378 e. The van der Waals surface area contributed by atoms with Gasteiger partial charge in [0, 0.05) is 10.5 Å². The molecule has 2 aromatic carbocycles. The van der Waals surface area contributed by atoms with E-state index in [-0.39, 0.29) is 0 Å². The van der Waals surface area contributed by atoms with Gasteiger partial charge in [-0.2, -0.15) is 10.4 Å². The van der Waals surface area contributed by atoms with Crippen molar-refractivity contribution in [3.05, 3.63) is 71.8 Å². The summed E-state index contributed by atoms with van der Waals surface area (Å²) >= 11 is 1.17. The van der Waals surface area contributed by atoms with Crippen LogP contribution in [0.5, 0.6) is 0 Å². The summed E-state index contributed by atoms with van der Waals surface area (Å²) < 4.78 is 5.37. The van der Waals surface area contributed by atoms with Gasteiger partial charge >= 0.3 is 0 Å². The van der Waals surface area contributed by atoms with Crippen LogP contribution in [-0.2, 0) is 4.74 Å². The Bertz CT molecular complexity index is 776. The zero-order valence-electron chi connectivity index (χ0n) is 13.8. The number of morpholine rings is 1. The number of nitriles is 1. The molecule has 0 N–H and O–H groups in total. The van der Waals surface area contributed by atoms with Gasteiger partial charge in [-0.05, 0) is 22.9 Å². The summed E-state index contributed by atoms with van der Waals surface area (Å²) in [5, 5.41) is 18.2. The smallest absolute Gasteiger partial charge is 0.138 e. The Morgan fingerprint density at radius 2 is 1.60 bits per heavy atom. The van der Waals surface area contributed by atoms with Crippen molar-refractivity contribution in [1.29, 1.82) is 5.26 Å². The zero-order valence-corrected chi connectivity index (χ0v) is 14.7. The standard InChI is InChI=1S/C20H19N3OS/c21-16-25-20(18-9-5-2-6-10-18)19(17-7-3-1-4-8-17)15-22-23-11-13-24-14-12-23/h1-10,15H,11-14H2/b20-19-,22-15+. The second-order valence-electron chi connectivity index (χ2n) is 5.48. The highest BCUT2D eigenvalue weighted by molar-refractivity contribution is 8.12. The van der Waals surface area contributed by atoms with Gasteiger partial charge in [0.1, 0.15) is 5.40 Å². The fraction of sp³-hybridized carbons (Fsp3) is 0.200. The Hall–Kier alpha value is -2.55. The van der Waals surface area contributed by atoms with Crippen LogP contribution in [0.15, 0.2) is 65.8 Å². The average molecular weight is 349 g/mol. The maximum Gasteiger partial charge on any atom is 0.138 e. The van der Waals surface area contributed by atoms with E-state index in [0.717, 1.165) is 34.7 Å². The normalized spacial score (nSPS) is 15.7. The van der Waals surface area contributed by atoms with E-state index in [2.05, 4.69) is 10.5 Å². The van der Waals surface area contributed by atoms with Crippen LogP contribution < -0.4 is 0 Å². The number of nitrogens with zero attached hydrogens (tertiary/aromatic N) is 3. The third-order valence-corrected chi connectivity index (χ3v) is 4.60. The molecule has 0 aliphatic carbocycles. The molecule has 1 aliphatic rings. The van der Waals surface area contributed by atoms with Gasteiger partial charge in [-0.25, -0.2) is 0 Å². The van der Waals surface area contributed by atoms with Crippen LogP contribution in [0.2, 0.25) is 0 Å². The van der Waals surface area contributed by atoms with Crippen LogP contribution in [0.4, 0.5) is 0 Å². The molecule has 4 nitrogen and oxygen atoms in total. The number of allylic oxidation sites excluding steroid dienone is 1. The lowest BCUT2D eigenvalue weighted by molar-refractivity contribution is 0.0397. The Balaban J connectivity index is 2.04. The van der Waals surface area contributed by atoms with Crippen LogP contribution in [0.3, 0.4) is 0 Å². The van der Waals surface area contributed by atoms with Crippen molar-refractivity contribution in [3.63, 3.8) is 0 Å². The first-order valence-corrected chi connectivity index (χ1v) is 8.98. The second kappa shape index (κ2) is 9.07. The molecule has 126 valence electrons. The Kier molecular flexibility index (Phi) is 6.27. The van der Waals surface area contributed by atoms with Gasteiger partial charge in [-0.3, -0.25) is 5.01 Å². The summed E-state index contributed by atoms with van der Waals surface area (Å²) in [7, 11) is 0. The maximum atomic E-state index is 9.32. The van der Waals surface area contributed by atoms with Gasteiger partial charge in [0.2, 0.25) is 0 Å². The third kappa shape index (κ3) is 4.72. The van der Waals surface area contributed by atoms with E-state index in [1.165, 1.54) is 11.8 Å². The van der Waals surface area contributed by atoms with Gasteiger partial charge in [0.05, 0.1) is 32.5 Å². The number of hydrazone groups is 1. The van der Waals surface area contributed by atoms with Gasteiger partial charge in [0.15, 0.2) is 0 Å². The number of hydrogen-bond donors (Lipinski definition) is 0. The van der Waals surface area contributed by atoms with Gasteiger partial charge in [0.25, 0.3) is 0 Å². The highest BCUT2D eigenvalue weighted by Gasteiger charge is 2.13. The summed E-state index contributed by atoms with van der Waals surface area (Å²) in [5.74, 6) is 0. The molecular formula is C20H19N3OS. The SMILES string of the molecule is N#CS/C(=C(/C=N/N1CCOCC1)c1ccccc1)c1ccccc1. The van der Waals surface area contributed by atoms with Gasteiger partial charge < -0.3 is 4.74 Å². The molecule has 1 fully saturated rings. The quantitative estimate of drug-likeness (QED) is 0.463. The number of hydrogen-bond acceptors (Lipinski definition) is 5. The summed E-state index contributed by atoms with van der Waals surface area (Å²) in [4.78, 5) is 0.909. The van der Waals surface area contributed by atoms with Gasteiger partial charge in [-0.1, -0.05) is 60.7 Å². The molecule has 5 heteroatoms. The summed E-state index contributed by atoms with van der Waals surface area (Å²) in [5.41, 5.74) is 3.01. The molecule has 25 heavy (non-hydrogen) atoms. The topological polar surface area (TPSA) is 48.6 Å². The Labute approximate surface area is 152 Å². The highest BCUT2D eigenvalue weighted by Crippen LogP contribution is 2.34. The molecular weight excluding hydrogens is 330 g/mol. The van der Waals surface area contributed by atoms with E-state index in [4.69, 9.17) is 4.74 Å².